The normalized spacial score (nSPS) is 21.3. The zero-order chi connectivity index (χ0) is 13.4. The summed E-state index contributed by atoms with van der Waals surface area (Å²) in [6.45, 7) is 4.10. The van der Waals surface area contributed by atoms with Crippen molar-refractivity contribution in [3.8, 4) is 0 Å². The summed E-state index contributed by atoms with van der Waals surface area (Å²) in [6, 6.07) is 0.647. The molecule has 0 saturated carbocycles. The fourth-order valence-corrected chi connectivity index (χ4v) is 3.25. The van der Waals surface area contributed by atoms with Gasteiger partial charge in [0.15, 0.2) is 5.82 Å². The van der Waals surface area contributed by atoms with Crippen LogP contribution in [0.3, 0.4) is 0 Å². The molecule has 0 unspecified atom stereocenters. The van der Waals surface area contributed by atoms with Gasteiger partial charge in [0.1, 0.15) is 0 Å². The van der Waals surface area contributed by atoms with Crippen molar-refractivity contribution in [3.05, 3.63) is 17.2 Å². The molecule has 0 aromatic carbocycles. The van der Waals surface area contributed by atoms with Crippen molar-refractivity contribution >= 4 is 5.91 Å². The minimum atomic E-state index is -0.440. The van der Waals surface area contributed by atoms with Crippen LogP contribution in [0.5, 0.6) is 0 Å². The van der Waals surface area contributed by atoms with Crippen LogP contribution in [0.4, 0.5) is 0 Å². The second-order valence-corrected chi connectivity index (χ2v) is 5.45. The molecule has 3 N–H and O–H groups in total. The highest BCUT2D eigenvalue weighted by molar-refractivity contribution is 5.89. The predicted molar refractivity (Wildman–Crippen MR) is 71.7 cm³/mol. The number of piperidine rings is 1. The molecule has 3 heterocycles. The fraction of sp³-hybridized carbons (Fsp3) is 0.692. The summed E-state index contributed by atoms with van der Waals surface area (Å²) in [5.41, 5.74) is 7.55. The van der Waals surface area contributed by atoms with Crippen molar-refractivity contribution in [2.24, 2.45) is 12.8 Å². The summed E-state index contributed by atoms with van der Waals surface area (Å²) in [5.74, 6) is -0.0533. The van der Waals surface area contributed by atoms with Crippen LogP contribution in [-0.2, 0) is 20.0 Å². The molecule has 0 atom stereocenters. The number of nitrogens with one attached hydrogen (secondary N) is 1. The second-order valence-electron chi connectivity index (χ2n) is 5.45. The summed E-state index contributed by atoms with van der Waals surface area (Å²) in [5, 5.41) is 3.39. The average Bonchev–Trinajstić information content (AvgIpc) is 2.77. The van der Waals surface area contributed by atoms with Crippen LogP contribution < -0.4 is 11.1 Å². The molecule has 0 aliphatic carbocycles. The van der Waals surface area contributed by atoms with Gasteiger partial charge in [-0.05, 0) is 25.9 Å². The third-order valence-corrected chi connectivity index (χ3v) is 4.33. The van der Waals surface area contributed by atoms with Crippen molar-refractivity contribution < 1.29 is 4.79 Å². The van der Waals surface area contributed by atoms with E-state index in [9.17, 15) is 4.79 Å². The van der Waals surface area contributed by atoms with Crippen LogP contribution in [0.15, 0.2) is 0 Å². The van der Waals surface area contributed by atoms with Crippen LogP contribution in [0.25, 0.3) is 0 Å². The molecule has 1 fully saturated rings. The number of imidazole rings is 1. The molecule has 1 amide bonds. The maximum absolute atomic E-state index is 11.3. The summed E-state index contributed by atoms with van der Waals surface area (Å²) >= 11 is 0. The van der Waals surface area contributed by atoms with E-state index in [0.29, 0.717) is 11.9 Å². The van der Waals surface area contributed by atoms with E-state index in [-0.39, 0.29) is 0 Å². The molecule has 6 nitrogen and oxygen atoms in total. The number of nitrogens with zero attached hydrogens (tertiary/aromatic N) is 3. The van der Waals surface area contributed by atoms with Gasteiger partial charge in [0.05, 0.1) is 5.69 Å². The summed E-state index contributed by atoms with van der Waals surface area (Å²) in [7, 11) is 1.88. The first-order chi connectivity index (χ1) is 9.16. The molecule has 6 heteroatoms. The summed E-state index contributed by atoms with van der Waals surface area (Å²) in [6.07, 6.45) is 3.35. The van der Waals surface area contributed by atoms with Gasteiger partial charge in [0.25, 0.3) is 5.91 Å². The van der Waals surface area contributed by atoms with Crippen LogP contribution in [0.2, 0.25) is 0 Å². The van der Waals surface area contributed by atoms with E-state index in [0.717, 1.165) is 38.3 Å². The maximum Gasteiger partial charge on any atom is 0.284 e. The largest absolute Gasteiger partial charge is 0.363 e. The summed E-state index contributed by atoms with van der Waals surface area (Å²) in [4.78, 5) is 18.3. The number of fused-ring (bicyclic) bond motifs is 1. The Labute approximate surface area is 113 Å². The first-order valence-corrected chi connectivity index (χ1v) is 6.96. The monoisotopic (exact) mass is 263 g/mol. The van der Waals surface area contributed by atoms with Crippen LogP contribution in [-0.4, -0.2) is 46.0 Å². The van der Waals surface area contributed by atoms with E-state index in [2.05, 4.69) is 15.2 Å². The molecular formula is C13H21N5O. The highest BCUT2D eigenvalue weighted by Gasteiger charge is 2.28. The van der Waals surface area contributed by atoms with Crippen molar-refractivity contribution in [1.82, 2.24) is 19.8 Å². The lowest BCUT2D eigenvalue weighted by Gasteiger charge is -2.36. The van der Waals surface area contributed by atoms with E-state index in [1.807, 2.05) is 11.6 Å². The standard InChI is InChI=1S/C13H21N5O/c1-17-11-4-7-18(9-2-5-15-6-3-9)8-10(11)16-13(17)12(14)19/h9,15H,2-8H2,1H3,(H2,14,19). The minimum Gasteiger partial charge on any atom is -0.363 e. The van der Waals surface area contributed by atoms with E-state index in [4.69, 9.17) is 5.73 Å². The smallest absolute Gasteiger partial charge is 0.284 e. The van der Waals surface area contributed by atoms with E-state index < -0.39 is 5.91 Å². The van der Waals surface area contributed by atoms with Gasteiger partial charge >= 0.3 is 0 Å². The molecule has 19 heavy (non-hydrogen) atoms. The molecule has 104 valence electrons. The topological polar surface area (TPSA) is 76.2 Å². The van der Waals surface area contributed by atoms with Crippen molar-refractivity contribution in [2.75, 3.05) is 19.6 Å². The zero-order valence-corrected chi connectivity index (χ0v) is 11.4. The van der Waals surface area contributed by atoms with Crippen molar-refractivity contribution in [2.45, 2.75) is 31.8 Å². The number of nitrogens with two attached hydrogens (primary N) is 1. The predicted octanol–water partition coefficient (Wildman–Crippen LogP) is -0.371. The highest BCUT2D eigenvalue weighted by Crippen LogP contribution is 2.23. The molecule has 1 aromatic rings. The molecule has 2 aliphatic rings. The lowest BCUT2D eigenvalue weighted by Crippen LogP contribution is -2.45. The van der Waals surface area contributed by atoms with Gasteiger partial charge in [-0.1, -0.05) is 0 Å². The molecule has 1 aromatic heterocycles. The van der Waals surface area contributed by atoms with Crippen LogP contribution in [0.1, 0.15) is 34.8 Å². The van der Waals surface area contributed by atoms with E-state index >= 15 is 0 Å². The lowest BCUT2D eigenvalue weighted by molar-refractivity contribution is 0.0987. The van der Waals surface area contributed by atoms with Crippen molar-refractivity contribution in [3.63, 3.8) is 0 Å². The average molecular weight is 263 g/mol. The Morgan fingerprint density at radius 3 is 2.84 bits per heavy atom. The summed E-state index contributed by atoms with van der Waals surface area (Å²) < 4.78 is 1.86. The quantitative estimate of drug-likeness (QED) is 0.763. The van der Waals surface area contributed by atoms with Gasteiger partial charge in [0.2, 0.25) is 0 Å². The third-order valence-electron chi connectivity index (χ3n) is 4.33. The number of carbonyl (C=O) groups excluding carboxylic acids is 1. The molecular weight excluding hydrogens is 242 g/mol. The Morgan fingerprint density at radius 2 is 2.16 bits per heavy atom. The number of carbonyl (C=O) groups is 1. The Kier molecular flexibility index (Phi) is 3.28. The maximum atomic E-state index is 11.3. The Morgan fingerprint density at radius 1 is 1.42 bits per heavy atom. The van der Waals surface area contributed by atoms with E-state index in [1.165, 1.54) is 18.5 Å². The zero-order valence-electron chi connectivity index (χ0n) is 11.4. The van der Waals surface area contributed by atoms with Gasteiger partial charge < -0.3 is 15.6 Å². The van der Waals surface area contributed by atoms with Crippen LogP contribution in [0, 0.1) is 0 Å². The Hall–Kier alpha value is -1.40. The Bertz CT molecular complexity index is 489. The molecule has 2 aliphatic heterocycles. The molecule has 0 spiro atoms. The van der Waals surface area contributed by atoms with Crippen LogP contribution >= 0.6 is 0 Å². The van der Waals surface area contributed by atoms with E-state index in [1.54, 1.807) is 0 Å². The van der Waals surface area contributed by atoms with Gasteiger partial charge in [-0.15, -0.1) is 0 Å². The SMILES string of the molecule is Cn1c(C(N)=O)nc2c1CCN(C1CCNCC1)C2. The third kappa shape index (κ3) is 2.26. The number of hydrogen-bond donors (Lipinski definition) is 2. The lowest BCUT2D eigenvalue weighted by atomic mass is 10.0. The molecule has 3 rings (SSSR count). The second kappa shape index (κ2) is 4.94. The number of aromatic nitrogens is 2. The van der Waals surface area contributed by atoms with Gasteiger partial charge in [-0.25, -0.2) is 4.98 Å². The number of hydrogen-bond acceptors (Lipinski definition) is 4. The minimum absolute atomic E-state index is 0.386. The molecule has 0 bridgehead atoms. The first kappa shape index (κ1) is 12.6. The molecule has 0 radical (unpaired) electrons. The van der Waals surface area contributed by atoms with Gasteiger partial charge in [-0.3, -0.25) is 9.69 Å². The first-order valence-electron chi connectivity index (χ1n) is 6.96. The highest BCUT2D eigenvalue weighted by atomic mass is 16.1. The molecule has 1 saturated heterocycles. The van der Waals surface area contributed by atoms with Crippen molar-refractivity contribution in [1.29, 1.82) is 0 Å². The number of primary amides is 1. The number of amides is 1. The van der Waals surface area contributed by atoms with Gasteiger partial charge in [0, 0.05) is 38.3 Å². The number of rotatable bonds is 2. The Balaban J connectivity index is 1.79. The fourth-order valence-electron chi connectivity index (χ4n) is 3.25. The van der Waals surface area contributed by atoms with Gasteiger partial charge in [-0.2, -0.15) is 0 Å².